The molecule has 0 aromatic rings. The molecular formula is C80H156O17P2. The summed E-state index contributed by atoms with van der Waals surface area (Å²) in [4.78, 5) is 72.8. The fourth-order valence-electron chi connectivity index (χ4n) is 12.3. The third kappa shape index (κ3) is 72.8. The van der Waals surface area contributed by atoms with Crippen LogP contribution in [0.2, 0.25) is 0 Å². The number of carbonyl (C=O) groups is 4. The normalized spacial score (nSPS) is 14.2. The Balaban J connectivity index is 5.16. The lowest BCUT2D eigenvalue weighted by molar-refractivity contribution is -0.161. The lowest BCUT2D eigenvalue weighted by atomic mass is 9.99. The molecule has 0 aliphatic carbocycles. The SMILES string of the molecule is CCCCCCCCCCCCCCC(=O)O[C@H](COC(=O)CCCCCCCCC)COP(=O)(O)OC[C@H](O)COP(=O)(O)OC[C@@H](COC(=O)CCCCCCCCCCCCCCCCCC(C)C)OC(=O)CCCCCCCCCCCCCCCCCCCCC(C)CC. The minimum absolute atomic E-state index is 0.107. The lowest BCUT2D eigenvalue weighted by Gasteiger charge is -2.21. The number of aliphatic hydroxyl groups excluding tert-OH is 1. The van der Waals surface area contributed by atoms with Crippen molar-refractivity contribution in [1.29, 1.82) is 0 Å². The van der Waals surface area contributed by atoms with Crippen LogP contribution in [0.25, 0.3) is 0 Å². The van der Waals surface area contributed by atoms with E-state index in [4.69, 9.17) is 37.0 Å². The van der Waals surface area contributed by atoms with E-state index in [1.54, 1.807) is 0 Å². The molecule has 0 aromatic carbocycles. The maximum Gasteiger partial charge on any atom is 0.472 e. The third-order valence-electron chi connectivity index (χ3n) is 19.1. The minimum Gasteiger partial charge on any atom is -0.462 e. The van der Waals surface area contributed by atoms with Crippen LogP contribution < -0.4 is 0 Å². The summed E-state index contributed by atoms with van der Waals surface area (Å²) in [5.41, 5.74) is 0. The molecule has 3 unspecified atom stereocenters. The van der Waals surface area contributed by atoms with E-state index in [0.717, 1.165) is 115 Å². The maximum absolute atomic E-state index is 13.1. The number of hydrogen-bond donors (Lipinski definition) is 3. The van der Waals surface area contributed by atoms with Crippen molar-refractivity contribution in [1.82, 2.24) is 0 Å². The topological polar surface area (TPSA) is 237 Å². The van der Waals surface area contributed by atoms with Crippen LogP contribution in [0.1, 0.15) is 420 Å². The first-order valence-corrected chi connectivity index (χ1v) is 44.5. The number of unbranched alkanes of at least 4 members (excludes halogenated alkanes) is 48. The summed E-state index contributed by atoms with van der Waals surface area (Å²) in [6.45, 7) is 9.68. The van der Waals surface area contributed by atoms with Crippen LogP contribution in [0.4, 0.5) is 0 Å². The molecule has 17 nitrogen and oxygen atoms in total. The summed E-state index contributed by atoms with van der Waals surface area (Å²) in [6, 6.07) is 0. The zero-order valence-corrected chi connectivity index (χ0v) is 66.6. The molecule has 99 heavy (non-hydrogen) atoms. The largest absolute Gasteiger partial charge is 0.472 e. The smallest absolute Gasteiger partial charge is 0.462 e. The first-order chi connectivity index (χ1) is 47.9. The van der Waals surface area contributed by atoms with Gasteiger partial charge in [-0.05, 0) is 37.5 Å². The fraction of sp³-hybridized carbons (Fsp3) is 0.950. The number of esters is 4. The van der Waals surface area contributed by atoms with Crippen molar-refractivity contribution in [2.75, 3.05) is 39.6 Å². The number of phosphoric ester groups is 2. The Morgan fingerprint density at radius 1 is 0.293 bits per heavy atom. The molecule has 0 saturated heterocycles. The molecule has 0 aliphatic heterocycles. The monoisotopic (exact) mass is 1450 g/mol. The van der Waals surface area contributed by atoms with Crippen LogP contribution in [0.15, 0.2) is 0 Å². The first kappa shape index (κ1) is 97.1. The van der Waals surface area contributed by atoms with Crippen LogP contribution in [0.3, 0.4) is 0 Å². The molecule has 0 bridgehead atoms. The standard InChI is InChI=1S/C80H156O17P2/c1-7-10-12-14-16-17-18-34-40-46-52-58-64-79(84)96-75(68-90-77(82)62-56-50-42-15-13-11-8-2)70-94-98(86,87)92-66-74(81)67-93-99(88,89)95-71-76(69-91-78(83)63-57-51-45-39-35-30-27-23-24-28-32-37-43-48-54-60-72(4)5)97-80(85)65-59-53-47-41-36-31-26-22-20-19-21-25-29-33-38-44-49-55-61-73(6)9-3/h72-76,81H,7-71H2,1-6H3,(H,86,87)(H,88,89)/t73?,74-,75+,76+/m0/s1. The van der Waals surface area contributed by atoms with Crippen LogP contribution in [0.5, 0.6) is 0 Å². The second kappa shape index (κ2) is 71.7. The van der Waals surface area contributed by atoms with Crippen molar-refractivity contribution in [3.8, 4) is 0 Å². The van der Waals surface area contributed by atoms with Gasteiger partial charge in [-0.1, -0.05) is 369 Å². The molecule has 0 aliphatic rings. The molecule has 6 atom stereocenters. The van der Waals surface area contributed by atoms with Gasteiger partial charge in [-0.2, -0.15) is 0 Å². The molecule has 0 saturated carbocycles. The summed E-state index contributed by atoms with van der Waals surface area (Å²) in [7, 11) is -9.91. The van der Waals surface area contributed by atoms with Gasteiger partial charge in [0.25, 0.3) is 0 Å². The Bertz CT molecular complexity index is 1910. The zero-order chi connectivity index (χ0) is 72.8. The van der Waals surface area contributed by atoms with E-state index in [9.17, 15) is 43.2 Å². The highest BCUT2D eigenvalue weighted by Crippen LogP contribution is 2.45. The molecule has 0 radical (unpaired) electrons. The second-order valence-electron chi connectivity index (χ2n) is 29.5. The van der Waals surface area contributed by atoms with Gasteiger partial charge in [0.05, 0.1) is 26.4 Å². The molecule has 19 heteroatoms. The molecule has 0 heterocycles. The average Bonchev–Trinajstić information content (AvgIpc) is 0.976. The molecule has 3 N–H and O–H groups in total. The Hall–Kier alpha value is -1.94. The van der Waals surface area contributed by atoms with Gasteiger partial charge in [0.2, 0.25) is 0 Å². The van der Waals surface area contributed by atoms with E-state index in [1.165, 1.54) is 225 Å². The second-order valence-corrected chi connectivity index (χ2v) is 32.4. The van der Waals surface area contributed by atoms with Crippen molar-refractivity contribution in [2.45, 2.75) is 439 Å². The minimum atomic E-state index is -4.96. The number of carbonyl (C=O) groups excluding carboxylic acids is 4. The van der Waals surface area contributed by atoms with Gasteiger partial charge in [-0.3, -0.25) is 37.3 Å². The van der Waals surface area contributed by atoms with Crippen molar-refractivity contribution in [2.24, 2.45) is 11.8 Å². The predicted molar refractivity (Wildman–Crippen MR) is 405 cm³/mol. The highest BCUT2D eigenvalue weighted by Gasteiger charge is 2.30. The van der Waals surface area contributed by atoms with E-state index in [0.29, 0.717) is 25.7 Å². The summed E-state index contributed by atoms with van der Waals surface area (Å²) >= 11 is 0. The van der Waals surface area contributed by atoms with Gasteiger partial charge >= 0.3 is 39.5 Å². The van der Waals surface area contributed by atoms with Crippen LogP contribution in [0, 0.1) is 11.8 Å². The number of hydrogen-bond acceptors (Lipinski definition) is 15. The highest BCUT2D eigenvalue weighted by atomic mass is 31.2. The summed E-state index contributed by atoms with van der Waals surface area (Å²) < 4.78 is 68.5. The average molecular weight is 1450 g/mol. The van der Waals surface area contributed by atoms with Crippen molar-refractivity contribution in [3.63, 3.8) is 0 Å². The third-order valence-corrected chi connectivity index (χ3v) is 21.0. The van der Waals surface area contributed by atoms with Crippen molar-refractivity contribution >= 4 is 39.5 Å². The van der Waals surface area contributed by atoms with E-state index in [-0.39, 0.29) is 25.7 Å². The van der Waals surface area contributed by atoms with Crippen molar-refractivity contribution < 1.29 is 80.2 Å². The number of ether oxygens (including phenoxy) is 4. The molecular weight excluding hydrogens is 1290 g/mol. The van der Waals surface area contributed by atoms with Gasteiger partial charge in [-0.25, -0.2) is 9.13 Å². The molecule has 0 fully saturated rings. The summed E-state index contributed by atoms with van der Waals surface area (Å²) in [6.07, 6.45) is 61.2. The van der Waals surface area contributed by atoms with Crippen LogP contribution in [-0.4, -0.2) is 96.7 Å². The molecule has 0 spiro atoms. The highest BCUT2D eigenvalue weighted by molar-refractivity contribution is 7.47. The van der Waals surface area contributed by atoms with E-state index in [1.807, 2.05) is 0 Å². The predicted octanol–water partition coefficient (Wildman–Crippen LogP) is 23.9. The Morgan fingerprint density at radius 2 is 0.515 bits per heavy atom. The van der Waals surface area contributed by atoms with Gasteiger partial charge in [0.15, 0.2) is 12.2 Å². The van der Waals surface area contributed by atoms with E-state index < -0.39 is 97.5 Å². The van der Waals surface area contributed by atoms with E-state index >= 15 is 0 Å². The number of rotatable bonds is 79. The summed E-state index contributed by atoms with van der Waals surface area (Å²) in [5.74, 6) is -0.437. The first-order valence-electron chi connectivity index (χ1n) is 41.5. The zero-order valence-electron chi connectivity index (χ0n) is 64.8. The Kier molecular flexibility index (Phi) is 70.3. The summed E-state index contributed by atoms with van der Waals surface area (Å²) in [5, 5.41) is 10.6. The van der Waals surface area contributed by atoms with Gasteiger partial charge in [0.1, 0.15) is 19.3 Å². The molecule has 0 aromatic heterocycles. The lowest BCUT2D eigenvalue weighted by Crippen LogP contribution is -2.30. The van der Waals surface area contributed by atoms with Crippen LogP contribution in [-0.2, 0) is 65.4 Å². The van der Waals surface area contributed by atoms with Gasteiger partial charge in [0, 0.05) is 25.7 Å². The Morgan fingerprint density at radius 3 is 0.768 bits per heavy atom. The maximum atomic E-state index is 13.1. The van der Waals surface area contributed by atoms with Crippen LogP contribution >= 0.6 is 15.6 Å². The van der Waals surface area contributed by atoms with Gasteiger partial charge < -0.3 is 33.8 Å². The molecule has 0 amide bonds. The van der Waals surface area contributed by atoms with Crippen molar-refractivity contribution in [3.05, 3.63) is 0 Å². The molecule has 588 valence electrons. The number of aliphatic hydroxyl groups is 1. The van der Waals surface area contributed by atoms with E-state index in [2.05, 4.69) is 41.5 Å². The quantitative estimate of drug-likeness (QED) is 0.0222. The Labute approximate surface area is 607 Å². The fourth-order valence-corrected chi connectivity index (χ4v) is 13.9. The van der Waals surface area contributed by atoms with Gasteiger partial charge in [-0.15, -0.1) is 0 Å². The molecule has 0 rings (SSSR count). The number of phosphoric acid groups is 2.